The molecular formula is C14H14BrFN2O. The maximum Gasteiger partial charge on any atom is 0.141 e. The van der Waals surface area contributed by atoms with Crippen molar-refractivity contribution in [2.24, 2.45) is 0 Å². The van der Waals surface area contributed by atoms with Crippen LogP contribution >= 0.6 is 15.9 Å². The predicted octanol–water partition coefficient (Wildman–Crippen LogP) is 3.99. The number of aromatic nitrogens is 1. The summed E-state index contributed by atoms with van der Waals surface area (Å²) in [5.74, 6) is 0.980. The lowest BCUT2D eigenvalue weighted by Gasteiger charge is -2.08. The lowest BCUT2D eigenvalue weighted by atomic mass is 10.2. The second-order valence-electron chi connectivity index (χ2n) is 3.94. The van der Waals surface area contributed by atoms with Gasteiger partial charge in [0.1, 0.15) is 24.0 Å². The van der Waals surface area contributed by atoms with Gasteiger partial charge >= 0.3 is 0 Å². The average Bonchev–Trinajstić information content (AvgIpc) is 2.41. The van der Waals surface area contributed by atoms with E-state index < -0.39 is 0 Å². The van der Waals surface area contributed by atoms with Gasteiger partial charge in [-0.2, -0.15) is 0 Å². The van der Waals surface area contributed by atoms with Crippen molar-refractivity contribution in [2.45, 2.75) is 13.5 Å². The summed E-state index contributed by atoms with van der Waals surface area (Å²) in [6, 6.07) is 8.49. The molecule has 1 aromatic heterocycles. The highest BCUT2D eigenvalue weighted by Gasteiger charge is 2.02. The monoisotopic (exact) mass is 324 g/mol. The standard InChI is InChI=1S/C14H14BrFN2O/c1-2-17-14-7-10(5-6-18-14)9-19-11-3-4-12(15)13(16)8-11/h3-8H,2,9H2,1H3,(H,17,18). The molecule has 2 rings (SSSR count). The largest absolute Gasteiger partial charge is 0.489 e. The van der Waals surface area contributed by atoms with E-state index >= 15 is 0 Å². The summed E-state index contributed by atoms with van der Waals surface area (Å²) in [6.07, 6.45) is 1.72. The minimum absolute atomic E-state index is 0.333. The Morgan fingerprint density at radius 1 is 1.32 bits per heavy atom. The van der Waals surface area contributed by atoms with Gasteiger partial charge in [-0.05, 0) is 52.7 Å². The Morgan fingerprint density at radius 3 is 2.89 bits per heavy atom. The first kappa shape index (κ1) is 13.8. The molecule has 0 unspecified atom stereocenters. The number of anilines is 1. The molecule has 1 aromatic carbocycles. The van der Waals surface area contributed by atoms with Crippen LogP contribution in [0, 0.1) is 5.82 Å². The molecule has 5 heteroatoms. The topological polar surface area (TPSA) is 34.1 Å². The second kappa shape index (κ2) is 6.52. The van der Waals surface area contributed by atoms with Crippen LogP contribution in [0.25, 0.3) is 0 Å². The van der Waals surface area contributed by atoms with E-state index in [1.807, 2.05) is 19.1 Å². The number of halogens is 2. The molecule has 0 saturated carbocycles. The van der Waals surface area contributed by atoms with Gasteiger partial charge in [-0.1, -0.05) is 0 Å². The number of hydrogen-bond donors (Lipinski definition) is 1. The van der Waals surface area contributed by atoms with Crippen molar-refractivity contribution in [3.8, 4) is 5.75 Å². The highest BCUT2D eigenvalue weighted by Crippen LogP contribution is 2.21. The third kappa shape index (κ3) is 3.92. The zero-order chi connectivity index (χ0) is 13.7. The molecule has 0 atom stereocenters. The Kier molecular flexibility index (Phi) is 4.74. The van der Waals surface area contributed by atoms with Crippen LogP contribution in [0.1, 0.15) is 12.5 Å². The smallest absolute Gasteiger partial charge is 0.141 e. The predicted molar refractivity (Wildman–Crippen MR) is 76.8 cm³/mol. The first-order valence-electron chi connectivity index (χ1n) is 5.95. The highest BCUT2D eigenvalue weighted by atomic mass is 79.9. The molecule has 1 heterocycles. The SMILES string of the molecule is CCNc1cc(COc2ccc(Br)c(F)c2)ccn1. The molecule has 0 bridgehead atoms. The molecule has 1 N–H and O–H groups in total. The van der Waals surface area contributed by atoms with Gasteiger partial charge in [-0.15, -0.1) is 0 Å². The maximum atomic E-state index is 13.3. The fourth-order valence-electron chi connectivity index (χ4n) is 1.58. The van der Waals surface area contributed by atoms with E-state index in [0.29, 0.717) is 16.8 Å². The molecule has 100 valence electrons. The van der Waals surface area contributed by atoms with Crippen molar-refractivity contribution >= 4 is 21.7 Å². The highest BCUT2D eigenvalue weighted by molar-refractivity contribution is 9.10. The number of pyridine rings is 1. The van der Waals surface area contributed by atoms with Gasteiger partial charge in [-0.25, -0.2) is 9.37 Å². The summed E-state index contributed by atoms with van der Waals surface area (Å²) < 4.78 is 19.3. The molecule has 0 saturated heterocycles. The third-order valence-electron chi connectivity index (χ3n) is 2.48. The fourth-order valence-corrected chi connectivity index (χ4v) is 1.82. The van der Waals surface area contributed by atoms with Gasteiger partial charge in [0.05, 0.1) is 4.47 Å². The zero-order valence-electron chi connectivity index (χ0n) is 10.5. The summed E-state index contributed by atoms with van der Waals surface area (Å²) in [7, 11) is 0. The van der Waals surface area contributed by atoms with Gasteiger partial charge in [0.25, 0.3) is 0 Å². The Bertz CT molecular complexity index is 563. The number of rotatable bonds is 5. The molecule has 0 spiro atoms. The minimum Gasteiger partial charge on any atom is -0.489 e. The van der Waals surface area contributed by atoms with E-state index in [-0.39, 0.29) is 5.82 Å². The van der Waals surface area contributed by atoms with Crippen LogP contribution in [-0.4, -0.2) is 11.5 Å². The first-order valence-corrected chi connectivity index (χ1v) is 6.75. The van der Waals surface area contributed by atoms with Crippen LogP contribution in [0.4, 0.5) is 10.2 Å². The van der Waals surface area contributed by atoms with Crippen molar-refractivity contribution in [3.05, 3.63) is 52.4 Å². The summed E-state index contributed by atoms with van der Waals surface area (Å²) in [6.45, 7) is 3.20. The Labute approximate surface area is 119 Å². The van der Waals surface area contributed by atoms with Gasteiger partial charge < -0.3 is 10.1 Å². The van der Waals surface area contributed by atoms with E-state index in [0.717, 1.165) is 17.9 Å². The van der Waals surface area contributed by atoms with Crippen molar-refractivity contribution in [3.63, 3.8) is 0 Å². The van der Waals surface area contributed by atoms with E-state index in [1.54, 1.807) is 18.3 Å². The van der Waals surface area contributed by atoms with E-state index in [9.17, 15) is 4.39 Å². The van der Waals surface area contributed by atoms with Crippen molar-refractivity contribution in [1.82, 2.24) is 4.98 Å². The molecule has 0 amide bonds. The van der Waals surface area contributed by atoms with Crippen LogP contribution < -0.4 is 10.1 Å². The van der Waals surface area contributed by atoms with Crippen LogP contribution in [-0.2, 0) is 6.61 Å². The lowest BCUT2D eigenvalue weighted by Crippen LogP contribution is -2.01. The molecule has 0 fully saturated rings. The lowest BCUT2D eigenvalue weighted by molar-refractivity contribution is 0.304. The summed E-state index contributed by atoms with van der Waals surface area (Å²) in [5, 5.41) is 3.13. The summed E-state index contributed by atoms with van der Waals surface area (Å²) in [5.41, 5.74) is 0.981. The number of nitrogens with zero attached hydrogens (tertiary/aromatic N) is 1. The van der Waals surface area contributed by atoms with Gasteiger partial charge in [-0.3, -0.25) is 0 Å². The maximum absolute atomic E-state index is 13.3. The summed E-state index contributed by atoms with van der Waals surface area (Å²) in [4.78, 5) is 4.18. The van der Waals surface area contributed by atoms with Gasteiger partial charge in [0.2, 0.25) is 0 Å². The number of nitrogens with one attached hydrogen (secondary N) is 1. The van der Waals surface area contributed by atoms with Crippen LogP contribution in [0.2, 0.25) is 0 Å². The normalized spacial score (nSPS) is 10.3. The number of ether oxygens (including phenoxy) is 1. The average molecular weight is 325 g/mol. The Morgan fingerprint density at radius 2 is 2.16 bits per heavy atom. The Balaban J connectivity index is 2.01. The second-order valence-corrected chi connectivity index (χ2v) is 4.80. The molecule has 19 heavy (non-hydrogen) atoms. The van der Waals surface area contributed by atoms with Gasteiger partial charge in [0, 0.05) is 18.8 Å². The molecule has 2 aromatic rings. The molecule has 3 nitrogen and oxygen atoms in total. The quantitative estimate of drug-likeness (QED) is 0.902. The van der Waals surface area contributed by atoms with E-state index in [4.69, 9.17) is 4.74 Å². The molecular weight excluding hydrogens is 311 g/mol. The van der Waals surface area contributed by atoms with Crippen LogP contribution in [0.15, 0.2) is 41.0 Å². The molecule has 0 radical (unpaired) electrons. The van der Waals surface area contributed by atoms with E-state index in [1.165, 1.54) is 6.07 Å². The molecule has 0 aliphatic carbocycles. The third-order valence-corrected chi connectivity index (χ3v) is 3.12. The fraction of sp³-hybridized carbons (Fsp3) is 0.214. The summed E-state index contributed by atoms with van der Waals surface area (Å²) >= 11 is 3.11. The van der Waals surface area contributed by atoms with Crippen LogP contribution in [0.3, 0.4) is 0 Å². The Hall–Kier alpha value is -1.62. The van der Waals surface area contributed by atoms with Crippen molar-refractivity contribution in [1.29, 1.82) is 0 Å². The van der Waals surface area contributed by atoms with E-state index in [2.05, 4.69) is 26.2 Å². The van der Waals surface area contributed by atoms with Crippen molar-refractivity contribution in [2.75, 3.05) is 11.9 Å². The number of benzene rings is 1. The number of hydrogen-bond acceptors (Lipinski definition) is 3. The molecule has 0 aliphatic heterocycles. The molecule has 0 aliphatic rings. The van der Waals surface area contributed by atoms with Gasteiger partial charge in [0.15, 0.2) is 0 Å². The first-order chi connectivity index (χ1) is 9.19. The van der Waals surface area contributed by atoms with Crippen molar-refractivity contribution < 1.29 is 9.13 Å². The van der Waals surface area contributed by atoms with Crippen LogP contribution in [0.5, 0.6) is 5.75 Å². The minimum atomic E-state index is -0.333. The zero-order valence-corrected chi connectivity index (χ0v) is 12.1.